The van der Waals surface area contributed by atoms with Crippen molar-refractivity contribution in [2.75, 3.05) is 7.05 Å². The van der Waals surface area contributed by atoms with E-state index in [-0.39, 0.29) is 17.8 Å². The van der Waals surface area contributed by atoms with Crippen molar-refractivity contribution in [3.63, 3.8) is 0 Å². The first kappa shape index (κ1) is 9.64. The van der Waals surface area contributed by atoms with Gasteiger partial charge in [-0.2, -0.15) is 0 Å². The van der Waals surface area contributed by atoms with Gasteiger partial charge >= 0.3 is 0 Å². The summed E-state index contributed by atoms with van der Waals surface area (Å²) in [5, 5.41) is 0. The van der Waals surface area contributed by atoms with Crippen LogP contribution in [0.2, 0.25) is 0 Å². The number of carbonyl (C=O) groups is 1. The Morgan fingerprint density at radius 1 is 1.38 bits per heavy atom. The zero-order valence-electron chi connectivity index (χ0n) is 8.06. The molecule has 0 atom stereocenters. The summed E-state index contributed by atoms with van der Waals surface area (Å²) in [6, 6.07) is 1.85. The molecule has 0 aliphatic heterocycles. The maximum absolute atomic E-state index is 11.6. The minimum Gasteiger partial charge on any atom is -0.337 e. The van der Waals surface area contributed by atoms with Gasteiger partial charge in [0.15, 0.2) is 0 Å². The lowest BCUT2D eigenvalue weighted by Crippen LogP contribution is -2.34. The Balaban J connectivity index is 2.80. The van der Waals surface area contributed by atoms with E-state index in [2.05, 4.69) is 9.97 Å². The predicted octanol–water partition coefficient (Wildman–Crippen LogP) is 0.957. The van der Waals surface area contributed by atoms with E-state index in [1.165, 1.54) is 0 Å². The summed E-state index contributed by atoms with van der Waals surface area (Å²) in [7, 11) is 1.74. The predicted molar refractivity (Wildman–Crippen MR) is 49.3 cm³/mol. The monoisotopic (exact) mass is 179 g/mol. The van der Waals surface area contributed by atoms with Crippen molar-refractivity contribution in [3.05, 3.63) is 24.3 Å². The highest BCUT2D eigenvalue weighted by Crippen LogP contribution is 1.99. The van der Waals surface area contributed by atoms with Crippen molar-refractivity contribution in [2.24, 2.45) is 0 Å². The van der Waals surface area contributed by atoms with Crippen LogP contribution in [0.25, 0.3) is 0 Å². The average molecular weight is 179 g/mol. The SMILES string of the molecule is CC(C)N(C)C(=O)c1ncccn1. The molecular weight excluding hydrogens is 166 g/mol. The highest BCUT2D eigenvalue weighted by Gasteiger charge is 2.15. The summed E-state index contributed by atoms with van der Waals surface area (Å²) in [5.74, 6) is 0.106. The molecule has 0 spiro atoms. The Hall–Kier alpha value is -1.45. The van der Waals surface area contributed by atoms with Gasteiger partial charge in [0.25, 0.3) is 5.91 Å². The first-order valence-electron chi connectivity index (χ1n) is 4.17. The largest absolute Gasteiger partial charge is 0.337 e. The van der Waals surface area contributed by atoms with Gasteiger partial charge in [-0.3, -0.25) is 4.79 Å². The first-order valence-corrected chi connectivity index (χ1v) is 4.17. The fourth-order valence-corrected chi connectivity index (χ4v) is 0.802. The molecule has 0 bridgehead atoms. The standard InChI is InChI=1S/C9H13N3O/c1-7(2)12(3)9(13)8-10-5-4-6-11-8/h4-7H,1-3H3. The van der Waals surface area contributed by atoms with Crippen molar-refractivity contribution in [1.82, 2.24) is 14.9 Å². The number of hydrogen-bond donors (Lipinski definition) is 0. The zero-order chi connectivity index (χ0) is 9.84. The zero-order valence-corrected chi connectivity index (χ0v) is 8.06. The molecule has 0 saturated heterocycles. The van der Waals surface area contributed by atoms with Crippen LogP contribution in [0.5, 0.6) is 0 Å². The van der Waals surface area contributed by atoms with Crippen LogP contribution in [0.3, 0.4) is 0 Å². The van der Waals surface area contributed by atoms with Crippen LogP contribution in [0.15, 0.2) is 18.5 Å². The molecule has 0 fully saturated rings. The number of rotatable bonds is 2. The van der Waals surface area contributed by atoms with Gasteiger partial charge in [0.05, 0.1) is 0 Å². The highest BCUT2D eigenvalue weighted by atomic mass is 16.2. The quantitative estimate of drug-likeness (QED) is 0.679. The smallest absolute Gasteiger partial charge is 0.291 e. The second kappa shape index (κ2) is 3.98. The molecule has 1 rings (SSSR count). The number of hydrogen-bond acceptors (Lipinski definition) is 3. The molecule has 0 aliphatic carbocycles. The van der Waals surface area contributed by atoms with Crippen LogP contribution in [-0.2, 0) is 0 Å². The van der Waals surface area contributed by atoms with Crippen molar-refractivity contribution in [1.29, 1.82) is 0 Å². The van der Waals surface area contributed by atoms with E-state index in [9.17, 15) is 4.79 Å². The van der Waals surface area contributed by atoms with Crippen LogP contribution in [0.4, 0.5) is 0 Å². The van der Waals surface area contributed by atoms with Gasteiger partial charge < -0.3 is 4.90 Å². The molecule has 1 heterocycles. The molecule has 0 N–H and O–H groups in total. The molecule has 0 aromatic carbocycles. The molecule has 13 heavy (non-hydrogen) atoms. The summed E-state index contributed by atoms with van der Waals surface area (Å²) >= 11 is 0. The Labute approximate surface area is 77.6 Å². The van der Waals surface area contributed by atoms with E-state index in [0.29, 0.717) is 0 Å². The van der Waals surface area contributed by atoms with Crippen LogP contribution < -0.4 is 0 Å². The van der Waals surface area contributed by atoms with Crippen LogP contribution in [0, 0.1) is 0 Å². The van der Waals surface area contributed by atoms with Crippen molar-refractivity contribution in [3.8, 4) is 0 Å². The Morgan fingerprint density at radius 3 is 2.38 bits per heavy atom. The average Bonchev–Trinajstić information content (AvgIpc) is 2.17. The lowest BCUT2D eigenvalue weighted by atomic mass is 10.3. The molecule has 4 heteroatoms. The Kier molecular flexibility index (Phi) is 2.95. The van der Waals surface area contributed by atoms with Gasteiger partial charge in [-0.25, -0.2) is 9.97 Å². The van der Waals surface area contributed by atoms with Gasteiger partial charge in [-0.1, -0.05) is 0 Å². The molecule has 0 aliphatic rings. The van der Waals surface area contributed by atoms with Gasteiger partial charge in [0.1, 0.15) is 0 Å². The van der Waals surface area contributed by atoms with Crippen LogP contribution >= 0.6 is 0 Å². The summed E-state index contributed by atoms with van der Waals surface area (Å²) in [5.41, 5.74) is 0. The van der Waals surface area contributed by atoms with Crippen molar-refractivity contribution >= 4 is 5.91 Å². The summed E-state index contributed by atoms with van der Waals surface area (Å²) in [6.07, 6.45) is 3.13. The molecule has 1 amide bonds. The Bertz CT molecular complexity index is 284. The minimum absolute atomic E-state index is 0.143. The van der Waals surface area contributed by atoms with E-state index in [0.717, 1.165) is 0 Å². The second-order valence-electron chi connectivity index (χ2n) is 3.08. The van der Waals surface area contributed by atoms with E-state index < -0.39 is 0 Å². The van der Waals surface area contributed by atoms with Crippen molar-refractivity contribution in [2.45, 2.75) is 19.9 Å². The normalized spacial score (nSPS) is 10.2. The summed E-state index contributed by atoms with van der Waals surface area (Å²) in [4.78, 5) is 21.0. The third-order valence-corrected chi connectivity index (χ3v) is 1.85. The minimum atomic E-state index is -0.143. The van der Waals surface area contributed by atoms with Crippen molar-refractivity contribution < 1.29 is 4.79 Å². The number of aromatic nitrogens is 2. The van der Waals surface area contributed by atoms with E-state index in [4.69, 9.17) is 0 Å². The molecule has 0 unspecified atom stereocenters. The number of amides is 1. The maximum atomic E-state index is 11.6. The topological polar surface area (TPSA) is 46.1 Å². The molecule has 0 radical (unpaired) electrons. The Morgan fingerprint density at radius 2 is 1.92 bits per heavy atom. The fourth-order valence-electron chi connectivity index (χ4n) is 0.802. The van der Waals surface area contributed by atoms with Crippen LogP contribution in [-0.4, -0.2) is 33.9 Å². The summed E-state index contributed by atoms with van der Waals surface area (Å²) in [6.45, 7) is 3.89. The van der Waals surface area contributed by atoms with Gasteiger partial charge in [0, 0.05) is 25.5 Å². The molecular formula is C9H13N3O. The molecule has 70 valence electrons. The second-order valence-corrected chi connectivity index (χ2v) is 3.08. The van der Waals surface area contributed by atoms with Gasteiger partial charge in [0.2, 0.25) is 5.82 Å². The first-order chi connectivity index (χ1) is 6.13. The lowest BCUT2D eigenvalue weighted by Gasteiger charge is -2.19. The molecule has 0 saturated carbocycles. The van der Waals surface area contributed by atoms with Gasteiger partial charge in [-0.15, -0.1) is 0 Å². The number of carbonyl (C=O) groups excluding carboxylic acids is 1. The van der Waals surface area contributed by atoms with Gasteiger partial charge in [-0.05, 0) is 19.9 Å². The van der Waals surface area contributed by atoms with E-state index in [1.807, 2.05) is 13.8 Å². The molecule has 4 nitrogen and oxygen atoms in total. The third kappa shape index (κ3) is 2.24. The van der Waals surface area contributed by atoms with E-state index in [1.54, 1.807) is 30.4 Å². The highest BCUT2D eigenvalue weighted by molar-refractivity contribution is 5.90. The fraction of sp³-hybridized carbons (Fsp3) is 0.444. The molecule has 1 aromatic rings. The molecule has 1 aromatic heterocycles. The maximum Gasteiger partial charge on any atom is 0.291 e. The third-order valence-electron chi connectivity index (χ3n) is 1.85. The lowest BCUT2D eigenvalue weighted by molar-refractivity contribution is 0.0742. The van der Waals surface area contributed by atoms with Crippen LogP contribution in [0.1, 0.15) is 24.5 Å². The summed E-state index contributed by atoms with van der Waals surface area (Å²) < 4.78 is 0. The number of nitrogens with zero attached hydrogens (tertiary/aromatic N) is 3. The van der Waals surface area contributed by atoms with E-state index >= 15 is 0 Å².